The van der Waals surface area contributed by atoms with Crippen LogP contribution >= 0.6 is 0 Å². The molecule has 0 aromatic heterocycles. The summed E-state index contributed by atoms with van der Waals surface area (Å²) in [5.41, 5.74) is 4.53. The van der Waals surface area contributed by atoms with Crippen molar-refractivity contribution >= 4 is 11.4 Å². The molecule has 0 radical (unpaired) electrons. The lowest BCUT2D eigenvalue weighted by molar-refractivity contribution is 0.122. The predicted octanol–water partition coefficient (Wildman–Crippen LogP) is 1.65. The number of rotatable bonds is 1. The van der Waals surface area contributed by atoms with E-state index in [2.05, 4.69) is 16.1 Å². The molecule has 1 aliphatic carbocycles. The Kier molecular flexibility index (Phi) is 2.73. The van der Waals surface area contributed by atoms with Gasteiger partial charge < -0.3 is 14.8 Å². The van der Waals surface area contributed by atoms with Crippen LogP contribution < -0.4 is 4.90 Å². The molecule has 0 spiro atoms. The Bertz CT molecular complexity index is 451. The molecule has 0 unspecified atom stereocenters. The average Bonchev–Trinajstić information content (AvgIpc) is 2.82. The predicted molar refractivity (Wildman–Crippen MR) is 66.1 cm³/mol. The molecule has 1 heterocycles. The van der Waals surface area contributed by atoms with Crippen molar-refractivity contribution in [3.8, 4) is 0 Å². The maximum Gasteiger partial charge on any atom is 0.0874 e. The summed E-state index contributed by atoms with van der Waals surface area (Å²) in [6.45, 7) is 3.49. The van der Waals surface area contributed by atoms with Crippen molar-refractivity contribution in [1.29, 1.82) is 0 Å². The molecule has 4 heteroatoms. The summed E-state index contributed by atoms with van der Waals surface area (Å²) in [6, 6.07) is 6.24. The lowest BCUT2D eigenvalue weighted by Crippen LogP contribution is -2.36. The number of morpholine rings is 1. The molecule has 3 rings (SSSR count). The number of hydrogen-bond donors (Lipinski definition) is 1. The highest BCUT2D eigenvalue weighted by atomic mass is 16.5. The second kappa shape index (κ2) is 4.37. The second-order valence-corrected chi connectivity index (χ2v) is 4.45. The standard InChI is InChI=1S/C13H16N2O2/c16-14-12-5-4-11-10(12)2-1-3-13(11)15-6-8-17-9-7-15/h1-3,16H,4-9H2. The lowest BCUT2D eigenvalue weighted by atomic mass is 10.1. The van der Waals surface area contributed by atoms with Crippen LogP contribution in [-0.4, -0.2) is 37.2 Å². The van der Waals surface area contributed by atoms with Gasteiger partial charge in [0.2, 0.25) is 0 Å². The highest BCUT2D eigenvalue weighted by Gasteiger charge is 2.24. The third-order valence-corrected chi connectivity index (χ3v) is 3.55. The van der Waals surface area contributed by atoms with Gasteiger partial charge in [-0.1, -0.05) is 17.3 Å². The lowest BCUT2D eigenvalue weighted by Gasteiger charge is -2.30. The minimum atomic E-state index is 0.796. The Balaban J connectivity index is 1.98. The molecule has 1 N–H and O–H groups in total. The maximum atomic E-state index is 8.97. The first-order chi connectivity index (χ1) is 8.40. The number of nitrogens with zero attached hydrogens (tertiary/aromatic N) is 2. The molecule has 90 valence electrons. The maximum absolute atomic E-state index is 8.97. The smallest absolute Gasteiger partial charge is 0.0874 e. The summed E-state index contributed by atoms with van der Waals surface area (Å²) < 4.78 is 5.38. The van der Waals surface area contributed by atoms with Crippen LogP contribution in [0.3, 0.4) is 0 Å². The number of ether oxygens (including phenoxy) is 1. The van der Waals surface area contributed by atoms with Crippen LogP contribution in [0.4, 0.5) is 5.69 Å². The normalized spacial score (nSPS) is 21.9. The first-order valence-electron chi connectivity index (χ1n) is 6.06. The van der Waals surface area contributed by atoms with Gasteiger partial charge >= 0.3 is 0 Å². The van der Waals surface area contributed by atoms with E-state index in [1.165, 1.54) is 11.3 Å². The van der Waals surface area contributed by atoms with Crippen LogP contribution in [0.1, 0.15) is 17.5 Å². The molecule has 17 heavy (non-hydrogen) atoms. The van der Waals surface area contributed by atoms with Crippen LogP contribution in [0, 0.1) is 0 Å². The fraction of sp³-hybridized carbons (Fsp3) is 0.462. The van der Waals surface area contributed by atoms with Gasteiger partial charge in [-0.05, 0) is 24.5 Å². The Morgan fingerprint density at radius 3 is 2.76 bits per heavy atom. The number of benzene rings is 1. The van der Waals surface area contributed by atoms with Crippen LogP contribution in [0.25, 0.3) is 0 Å². The van der Waals surface area contributed by atoms with E-state index in [0.717, 1.165) is 50.4 Å². The zero-order chi connectivity index (χ0) is 11.7. The van der Waals surface area contributed by atoms with Crippen molar-refractivity contribution in [3.63, 3.8) is 0 Å². The van der Waals surface area contributed by atoms with Crippen LogP contribution in [0.5, 0.6) is 0 Å². The summed E-state index contributed by atoms with van der Waals surface area (Å²) in [4.78, 5) is 2.36. The largest absolute Gasteiger partial charge is 0.411 e. The van der Waals surface area contributed by atoms with Gasteiger partial charge in [0.15, 0.2) is 0 Å². The first-order valence-corrected chi connectivity index (χ1v) is 6.06. The van der Waals surface area contributed by atoms with E-state index in [1.807, 2.05) is 12.1 Å². The minimum Gasteiger partial charge on any atom is -0.411 e. The van der Waals surface area contributed by atoms with Gasteiger partial charge in [-0.2, -0.15) is 0 Å². The number of oxime groups is 1. The van der Waals surface area contributed by atoms with Gasteiger partial charge in [0.1, 0.15) is 0 Å². The van der Waals surface area contributed by atoms with E-state index in [-0.39, 0.29) is 0 Å². The van der Waals surface area contributed by atoms with Crippen molar-refractivity contribution in [1.82, 2.24) is 0 Å². The molecular formula is C13H16N2O2. The van der Waals surface area contributed by atoms with E-state index in [9.17, 15) is 0 Å². The third kappa shape index (κ3) is 1.78. The van der Waals surface area contributed by atoms with Crippen molar-refractivity contribution in [2.75, 3.05) is 31.2 Å². The summed E-state index contributed by atoms with van der Waals surface area (Å²) in [7, 11) is 0. The van der Waals surface area contributed by atoms with Gasteiger partial charge in [0.05, 0.1) is 18.9 Å². The molecule has 0 atom stereocenters. The molecule has 1 fully saturated rings. The number of anilines is 1. The number of hydrogen-bond acceptors (Lipinski definition) is 4. The van der Waals surface area contributed by atoms with Crippen molar-refractivity contribution in [2.45, 2.75) is 12.8 Å². The first kappa shape index (κ1) is 10.6. The second-order valence-electron chi connectivity index (χ2n) is 4.45. The zero-order valence-corrected chi connectivity index (χ0v) is 9.72. The van der Waals surface area contributed by atoms with E-state index >= 15 is 0 Å². The Hall–Kier alpha value is -1.55. The molecule has 1 aromatic rings. The Morgan fingerprint density at radius 1 is 1.18 bits per heavy atom. The summed E-state index contributed by atoms with van der Waals surface area (Å²) >= 11 is 0. The van der Waals surface area contributed by atoms with E-state index in [4.69, 9.17) is 9.94 Å². The molecular weight excluding hydrogens is 216 g/mol. The monoisotopic (exact) mass is 232 g/mol. The van der Waals surface area contributed by atoms with Gasteiger partial charge in [0.25, 0.3) is 0 Å². The highest BCUT2D eigenvalue weighted by molar-refractivity contribution is 6.05. The zero-order valence-electron chi connectivity index (χ0n) is 9.72. The molecule has 4 nitrogen and oxygen atoms in total. The minimum absolute atomic E-state index is 0.796. The summed E-state index contributed by atoms with van der Waals surface area (Å²) in [6.07, 6.45) is 1.81. The topological polar surface area (TPSA) is 45.1 Å². The average molecular weight is 232 g/mol. The number of fused-ring (bicyclic) bond motifs is 1. The van der Waals surface area contributed by atoms with Crippen LogP contribution in [-0.2, 0) is 11.2 Å². The van der Waals surface area contributed by atoms with Crippen LogP contribution in [0.15, 0.2) is 23.4 Å². The van der Waals surface area contributed by atoms with Gasteiger partial charge in [0, 0.05) is 24.3 Å². The molecule has 0 bridgehead atoms. The Labute approximate surface area is 100 Å². The summed E-state index contributed by atoms with van der Waals surface area (Å²) in [5.74, 6) is 0. The van der Waals surface area contributed by atoms with Crippen molar-refractivity contribution < 1.29 is 9.94 Å². The molecule has 1 aliphatic heterocycles. The van der Waals surface area contributed by atoms with E-state index in [0.29, 0.717) is 0 Å². The van der Waals surface area contributed by atoms with Crippen LogP contribution in [0.2, 0.25) is 0 Å². The Morgan fingerprint density at radius 2 is 2.00 bits per heavy atom. The summed E-state index contributed by atoms with van der Waals surface area (Å²) in [5, 5.41) is 12.4. The fourth-order valence-corrected chi connectivity index (χ4v) is 2.69. The van der Waals surface area contributed by atoms with E-state index in [1.54, 1.807) is 0 Å². The van der Waals surface area contributed by atoms with Gasteiger partial charge in [-0.15, -0.1) is 0 Å². The highest BCUT2D eigenvalue weighted by Crippen LogP contribution is 2.32. The SMILES string of the molecule is ON=C1CCc2c1cccc2N1CCOCC1. The fourth-order valence-electron chi connectivity index (χ4n) is 2.69. The van der Waals surface area contributed by atoms with Gasteiger partial charge in [-0.25, -0.2) is 0 Å². The molecule has 0 saturated carbocycles. The third-order valence-electron chi connectivity index (χ3n) is 3.55. The molecule has 1 saturated heterocycles. The molecule has 2 aliphatic rings. The van der Waals surface area contributed by atoms with Crippen molar-refractivity contribution in [2.24, 2.45) is 5.16 Å². The van der Waals surface area contributed by atoms with Crippen molar-refractivity contribution in [3.05, 3.63) is 29.3 Å². The molecule has 0 amide bonds. The quantitative estimate of drug-likeness (QED) is 0.591. The van der Waals surface area contributed by atoms with E-state index < -0.39 is 0 Å². The molecule has 1 aromatic carbocycles. The van der Waals surface area contributed by atoms with Gasteiger partial charge in [-0.3, -0.25) is 0 Å².